The van der Waals surface area contributed by atoms with E-state index < -0.39 is 0 Å². The molecule has 2 heteroatoms. The number of hydrogen-bond acceptors (Lipinski definition) is 1. The van der Waals surface area contributed by atoms with E-state index in [2.05, 4.69) is 31.3 Å². The highest BCUT2D eigenvalue weighted by molar-refractivity contribution is 5.26. The van der Waals surface area contributed by atoms with Gasteiger partial charge in [-0.3, -0.25) is 0 Å². The third-order valence-electron chi connectivity index (χ3n) is 3.10. The number of unbranched alkanes of at least 4 members (excludes halogenated alkanes) is 3. The molecular weight excluding hydrogens is 222 g/mol. The van der Waals surface area contributed by atoms with Crippen molar-refractivity contribution in [1.82, 2.24) is 0 Å². The number of ether oxygens (including phenoxy) is 1. The number of rotatable bonds is 10. The third-order valence-corrected chi connectivity index (χ3v) is 3.10. The zero-order valence-corrected chi connectivity index (χ0v) is 12.0. The molecule has 0 spiro atoms. The van der Waals surface area contributed by atoms with Gasteiger partial charge in [0.1, 0.15) is 5.75 Å². The Morgan fingerprint density at radius 3 is 2.39 bits per heavy atom. The highest BCUT2D eigenvalue weighted by Gasteiger charge is 1.95. The molecule has 0 heterocycles. The number of quaternary nitrogens is 1. The summed E-state index contributed by atoms with van der Waals surface area (Å²) in [6.07, 6.45) is 6.39. The topological polar surface area (TPSA) is 25.8 Å². The monoisotopic (exact) mass is 250 g/mol. The molecule has 18 heavy (non-hydrogen) atoms. The highest BCUT2D eigenvalue weighted by Crippen LogP contribution is 2.11. The molecule has 0 fully saturated rings. The van der Waals surface area contributed by atoms with Crippen LogP contribution in [0.5, 0.6) is 5.75 Å². The number of benzene rings is 1. The van der Waals surface area contributed by atoms with Gasteiger partial charge < -0.3 is 10.1 Å². The van der Waals surface area contributed by atoms with Crippen molar-refractivity contribution in [3.8, 4) is 5.75 Å². The van der Waals surface area contributed by atoms with Gasteiger partial charge in [0.05, 0.1) is 19.7 Å². The molecule has 0 bridgehead atoms. The molecule has 102 valence electrons. The number of nitrogens with two attached hydrogens (primary N) is 1. The molecule has 0 atom stereocenters. The first-order chi connectivity index (χ1) is 8.83. The Morgan fingerprint density at radius 2 is 1.67 bits per heavy atom. The number of aryl methyl sites for hydroxylation is 1. The molecule has 0 aliphatic carbocycles. The van der Waals surface area contributed by atoms with Crippen molar-refractivity contribution in [2.24, 2.45) is 0 Å². The van der Waals surface area contributed by atoms with Gasteiger partial charge in [0.15, 0.2) is 0 Å². The van der Waals surface area contributed by atoms with E-state index in [9.17, 15) is 0 Å². The molecule has 0 saturated heterocycles. The third kappa shape index (κ3) is 7.33. The van der Waals surface area contributed by atoms with Gasteiger partial charge in [-0.25, -0.2) is 0 Å². The van der Waals surface area contributed by atoms with Crippen LogP contribution >= 0.6 is 0 Å². The molecule has 0 unspecified atom stereocenters. The van der Waals surface area contributed by atoms with E-state index >= 15 is 0 Å². The Balaban J connectivity index is 1.91. The predicted octanol–water partition coefficient (Wildman–Crippen LogP) is 2.91. The summed E-state index contributed by atoms with van der Waals surface area (Å²) in [5.74, 6) is 0.995. The maximum absolute atomic E-state index is 5.70. The van der Waals surface area contributed by atoms with Crippen LogP contribution in [-0.4, -0.2) is 19.7 Å². The van der Waals surface area contributed by atoms with E-state index in [4.69, 9.17) is 4.74 Å². The van der Waals surface area contributed by atoms with Gasteiger partial charge >= 0.3 is 0 Å². The first-order valence-corrected chi connectivity index (χ1v) is 7.34. The molecule has 0 radical (unpaired) electrons. The minimum atomic E-state index is 0.845. The van der Waals surface area contributed by atoms with Gasteiger partial charge in [-0.2, -0.15) is 0 Å². The second-order valence-corrected chi connectivity index (χ2v) is 4.94. The van der Waals surface area contributed by atoms with Gasteiger partial charge in [-0.05, 0) is 44.7 Å². The summed E-state index contributed by atoms with van der Waals surface area (Å²) in [5, 5.41) is 2.43. The van der Waals surface area contributed by atoms with Crippen molar-refractivity contribution in [3.63, 3.8) is 0 Å². The largest absolute Gasteiger partial charge is 0.494 e. The lowest BCUT2D eigenvalue weighted by atomic mass is 10.2. The molecule has 1 aromatic carbocycles. The van der Waals surface area contributed by atoms with Crippen molar-refractivity contribution in [2.75, 3.05) is 19.7 Å². The predicted molar refractivity (Wildman–Crippen MR) is 77.1 cm³/mol. The minimum Gasteiger partial charge on any atom is -0.494 e. The fourth-order valence-corrected chi connectivity index (χ4v) is 1.88. The van der Waals surface area contributed by atoms with Gasteiger partial charge in [-0.15, -0.1) is 0 Å². The van der Waals surface area contributed by atoms with Gasteiger partial charge in [0, 0.05) is 0 Å². The molecular formula is C16H28NO+. The van der Waals surface area contributed by atoms with E-state index in [1.165, 1.54) is 44.3 Å². The van der Waals surface area contributed by atoms with Crippen LogP contribution in [0.3, 0.4) is 0 Å². The molecule has 0 aliphatic heterocycles. The summed E-state index contributed by atoms with van der Waals surface area (Å²) >= 11 is 0. The van der Waals surface area contributed by atoms with Crippen molar-refractivity contribution >= 4 is 0 Å². The molecule has 0 amide bonds. The normalized spacial score (nSPS) is 10.6. The lowest BCUT2D eigenvalue weighted by molar-refractivity contribution is -0.655. The van der Waals surface area contributed by atoms with Crippen LogP contribution in [0.25, 0.3) is 0 Å². The first kappa shape index (κ1) is 15.0. The van der Waals surface area contributed by atoms with Crippen LogP contribution in [0.2, 0.25) is 0 Å². The smallest absolute Gasteiger partial charge is 0.119 e. The second kappa shape index (κ2) is 9.95. The summed E-state index contributed by atoms with van der Waals surface area (Å²) in [6.45, 7) is 7.74. The number of hydrogen-bond donors (Lipinski definition) is 1. The Bertz CT molecular complexity index is 294. The standard InChI is InChI=1S/C16H27NO/c1-3-4-12-17-13-6-5-7-14-18-16-10-8-15(2)9-11-16/h8-11,17H,3-7,12-14H2,1-2H3/p+1. The molecule has 1 rings (SSSR count). The van der Waals surface area contributed by atoms with Crippen LogP contribution in [0.15, 0.2) is 24.3 Å². The fourth-order valence-electron chi connectivity index (χ4n) is 1.88. The SMILES string of the molecule is CCCC[NH2+]CCCCCOc1ccc(C)cc1. The van der Waals surface area contributed by atoms with Crippen LogP contribution in [0.4, 0.5) is 0 Å². The zero-order valence-electron chi connectivity index (χ0n) is 12.0. The molecule has 0 saturated carbocycles. The van der Waals surface area contributed by atoms with E-state index in [1.54, 1.807) is 0 Å². The van der Waals surface area contributed by atoms with Crippen LogP contribution < -0.4 is 10.1 Å². The minimum absolute atomic E-state index is 0.845. The summed E-state index contributed by atoms with van der Waals surface area (Å²) in [5.41, 5.74) is 1.28. The van der Waals surface area contributed by atoms with Crippen molar-refractivity contribution in [1.29, 1.82) is 0 Å². The summed E-state index contributed by atoms with van der Waals surface area (Å²) < 4.78 is 5.70. The van der Waals surface area contributed by atoms with E-state index in [0.717, 1.165) is 18.8 Å². The van der Waals surface area contributed by atoms with Crippen LogP contribution in [0.1, 0.15) is 44.6 Å². The lowest BCUT2D eigenvalue weighted by Crippen LogP contribution is -2.84. The maximum atomic E-state index is 5.70. The van der Waals surface area contributed by atoms with Crippen molar-refractivity contribution in [2.45, 2.75) is 46.0 Å². The van der Waals surface area contributed by atoms with Crippen LogP contribution in [0, 0.1) is 6.92 Å². The Hall–Kier alpha value is -1.02. The van der Waals surface area contributed by atoms with Gasteiger partial charge in [-0.1, -0.05) is 31.0 Å². The van der Waals surface area contributed by atoms with Crippen molar-refractivity contribution < 1.29 is 10.1 Å². The Kier molecular flexibility index (Phi) is 8.32. The maximum Gasteiger partial charge on any atom is 0.119 e. The Morgan fingerprint density at radius 1 is 0.944 bits per heavy atom. The quantitative estimate of drug-likeness (QED) is 0.635. The van der Waals surface area contributed by atoms with Crippen LogP contribution in [-0.2, 0) is 0 Å². The molecule has 2 N–H and O–H groups in total. The molecule has 1 aromatic rings. The highest BCUT2D eigenvalue weighted by atomic mass is 16.5. The second-order valence-electron chi connectivity index (χ2n) is 4.94. The Labute approximate surface area is 112 Å². The lowest BCUT2D eigenvalue weighted by Gasteiger charge is -2.06. The zero-order chi connectivity index (χ0) is 13.1. The average Bonchev–Trinajstić information content (AvgIpc) is 2.39. The summed E-state index contributed by atoms with van der Waals surface area (Å²) in [7, 11) is 0. The molecule has 2 nitrogen and oxygen atoms in total. The summed E-state index contributed by atoms with van der Waals surface area (Å²) in [6, 6.07) is 8.29. The molecule has 0 aliphatic rings. The van der Waals surface area contributed by atoms with Crippen molar-refractivity contribution in [3.05, 3.63) is 29.8 Å². The summed E-state index contributed by atoms with van der Waals surface area (Å²) in [4.78, 5) is 0. The first-order valence-electron chi connectivity index (χ1n) is 7.34. The van der Waals surface area contributed by atoms with Gasteiger partial charge in [0.25, 0.3) is 0 Å². The average molecular weight is 250 g/mol. The van der Waals surface area contributed by atoms with Gasteiger partial charge in [0.2, 0.25) is 0 Å². The van der Waals surface area contributed by atoms with E-state index in [1.807, 2.05) is 12.1 Å². The van der Waals surface area contributed by atoms with E-state index in [0.29, 0.717) is 0 Å². The molecule has 0 aromatic heterocycles. The fraction of sp³-hybridized carbons (Fsp3) is 0.625. The van der Waals surface area contributed by atoms with E-state index in [-0.39, 0.29) is 0 Å².